The van der Waals surface area contributed by atoms with Crippen LogP contribution in [0.1, 0.15) is 29.8 Å². The van der Waals surface area contributed by atoms with Gasteiger partial charge < -0.3 is 19.7 Å². The Kier molecular flexibility index (Phi) is 7.44. The molecule has 0 atom stereocenters. The van der Waals surface area contributed by atoms with Gasteiger partial charge in [-0.05, 0) is 43.2 Å². The van der Waals surface area contributed by atoms with E-state index < -0.39 is 0 Å². The van der Waals surface area contributed by atoms with E-state index >= 15 is 0 Å². The van der Waals surface area contributed by atoms with Gasteiger partial charge in [0.15, 0.2) is 11.5 Å². The summed E-state index contributed by atoms with van der Waals surface area (Å²) in [5.74, 6) is 0.928. The summed E-state index contributed by atoms with van der Waals surface area (Å²) in [6.07, 6.45) is 0. The summed E-state index contributed by atoms with van der Waals surface area (Å²) in [4.78, 5) is 26.3. The maximum absolute atomic E-state index is 12.7. The molecule has 2 amide bonds. The average Bonchev–Trinajstić information content (AvgIpc) is 2.67. The lowest BCUT2D eigenvalue weighted by Crippen LogP contribution is -2.34. The molecule has 28 heavy (non-hydrogen) atoms. The monoisotopic (exact) mass is 384 g/mol. The standard InChI is InChI=1S/C22H28N2O4/c1-15(2)14-28-19-11-8-17(12-20(19)27-5)22(26)24(4)13-21(25)23-18-9-6-16(3)7-10-18/h6-12,15H,13-14H2,1-5H3,(H,23,25). The molecule has 6 heteroatoms. The first-order valence-corrected chi connectivity index (χ1v) is 9.23. The van der Waals surface area contributed by atoms with E-state index in [-0.39, 0.29) is 18.4 Å². The molecule has 0 unspecified atom stereocenters. The normalized spacial score (nSPS) is 10.5. The van der Waals surface area contributed by atoms with Crippen molar-refractivity contribution in [2.45, 2.75) is 20.8 Å². The highest BCUT2D eigenvalue weighted by Gasteiger charge is 2.17. The zero-order valence-corrected chi connectivity index (χ0v) is 17.1. The molecule has 2 aromatic rings. The topological polar surface area (TPSA) is 67.9 Å². The number of aryl methyl sites for hydroxylation is 1. The lowest BCUT2D eigenvalue weighted by molar-refractivity contribution is -0.116. The Balaban J connectivity index is 2.01. The molecule has 0 radical (unpaired) electrons. The van der Waals surface area contributed by atoms with Crippen LogP contribution in [0.5, 0.6) is 11.5 Å². The highest BCUT2D eigenvalue weighted by atomic mass is 16.5. The zero-order valence-electron chi connectivity index (χ0n) is 17.1. The molecule has 0 aliphatic rings. The minimum atomic E-state index is -0.271. The molecule has 0 heterocycles. The fraction of sp³-hybridized carbons (Fsp3) is 0.364. The fourth-order valence-electron chi connectivity index (χ4n) is 2.52. The Morgan fingerprint density at radius 2 is 1.75 bits per heavy atom. The van der Waals surface area contributed by atoms with E-state index in [4.69, 9.17) is 9.47 Å². The lowest BCUT2D eigenvalue weighted by atomic mass is 10.1. The summed E-state index contributed by atoms with van der Waals surface area (Å²) >= 11 is 0. The Bertz CT molecular complexity index is 816. The van der Waals surface area contributed by atoms with Gasteiger partial charge in [0.2, 0.25) is 5.91 Å². The summed E-state index contributed by atoms with van der Waals surface area (Å²) in [6, 6.07) is 12.5. The molecule has 0 saturated carbocycles. The smallest absolute Gasteiger partial charge is 0.254 e. The van der Waals surface area contributed by atoms with E-state index in [0.717, 1.165) is 5.56 Å². The summed E-state index contributed by atoms with van der Waals surface area (Å²) in [5.41, 5.74) is 2.24. The van der Waals surface area contributed by atoms with Crippen LogP contribution in [0.15, 0.2) is 42.5 Å². The predicted octanol–water partition coefficient (Wildman–Crippen LogP) is 3.75. The van der Waals surface area contributed by atoms with Crippen molar-refractivity contribution in [3.63, 3.8) is 0 Å². The van der Waals surface area contributed by atoms with Gasteiger partial charge in [-0.25, -0.2) is 0 Å². The van der Waals surface area contributed by atoms with Crippen molar-refractivity contribution in [2.75, 3.05) is 32.6 Å². The van der Waals surface area contributed by atoms with Crippen LogP contribution in [0.25, 0.3) is 0 Å². The van der Waals surface area contributed by atoms with Gasteiger partial charge >= 0.3 is 0 Å². The number of methoxy groups -OCH3 is 1. The second-order valence-corrected chi connectivity index (χ2v) is 7.15. The maximum Gasteiger partial charge on any atom is 0.254 e. The number of amides is 2. The zero-order chi connectivity index (χ0) is 20.7. The molecular weight excluding hydrogens is 356 g/mol. The highest BCUT2D eigenvalue weighted by Crippen LogP contribution is 2.29. The van der Waals surface area contributed by atoms with Crippen molar-refractivity contribution in [1.82, 2.24) is 4.90 Å². The van der Waals surface area contributed by atoms with Gasteiger partial charge in [-0.1, -0.05) is 31.5 Å². The fourth-order valence-corrected chi connectivity index (χ4v) is 2.52. The molecule has 0 aliphatic carbocycles. The third-order valence-corrected chi connectivity index (χ3v) is 4.05. The number of hydrogen-bond acceptors (Lipinski definition) is 4. The van der Waals surface area contributed by atoms with Gasteiger partial charge in [0.05, 0.1) is 20.3 Å². The second kappa shape index (κ2) is 9.78. The Labute approximate surface area is 166 Å². The second-order valence-electron chi connectivity index (χ2n) is 7.15. The first-order valence-electron chi connectivity index (χ1n) is 9.23. The Morgan fingerprint density at radius 1 is 1.07 bits per heavy atom. The Morgan fingerprint density at radius 3 is 2.36 bits per heavy atom. The van der Waals surface area contributed by atoms with Crippen molar-refractivity contribution in [1.29, 1.82) is 0 Å². The van der Waals surface area contributed by atoms with Crippen molar-refractivity contribution in [3.05, 3.63) is 53.6 Å². The van der Waals surface area contributed by atoms with Crippen molar-refractivity contribution < 1.29 is 19.1 Å². The van der Waals surface area contributed by atoms with Gasteiger partial charge in [0, 0.05) is 18.3 Å². The quantitative estimate of drug-likeness (QED) is 0.753. The number of nitrogens with one attached hydrogen (secondary N) is 1. The number of hydrogen-bond donors (Lipinski definition) is 1. The Hall–Kier alpha value is -3.02. The van der Waals surface area contributed by atoms with Crippen LogP contribution in [0.3, 0.4) is 0 Å². The van der Waals surface area contributed by atoms with Gasteiger partial charge in [-0.2, -0.15) is 0 Å². The molecule has 0 saturated heterocycles. The number of carbonyl (C=O) groups excluding carboxylic acids is 2. The van der Waals surface area contributed by atoms with Crippen LogP contribution < -0.4 is 14.8 Å². The van der Waals surface area contributed by atoms with E-state index in [1.54, 1.807) is 25.2 Å². The molecular formula is C22H28N2O4. The van der Waals surface area contributed by atoms with Crippen LogP contribution in [-0.2, 0) is 4.79 Å². The predicted molar refractivity (Wildman–Crippen MR) is 110 cm³/mol. The number of nitrogens with zero attached hydrogens (tertiary/aromatic N) is 1. The summed E-state index contributed by atoms with van der Waals surface area (Å²) in [5, 5.41) is 2.79. The molecule has 0 aliphatic heterocycles. The number of ether oxygens (including phenoxy) is 2. The SMILES string of the molecule is COc1cc(C(=O)N(C)CC(=O)Nc2ccc(C)cc2)ccc1OCC(C)C. The molecule has 0 aromatic heterocycles. The molecule has 1 N–H and O–H groups in total. The van der Waals surface area contributed by atoms with E-state index in [2.05, 4.69) is 19.2 Å². The molecule has 150 valence electrons. The number of carbonyl (C=O) groups is 2. The summed E-state index contributed by atoms with van der Waals surface area (Å²) < 4.78 is 11.1. The number of likely N-dealkylation sites (N-methyl/N-ethyl adjacent to an activating group) is 1. The third kappa shape index (κ3) is 6.01. The molecule has 6 nitrogen and oxygen atoms in total. The molecule has 0 fully saturated rings. The molecule has 2 rings (SSSR count). The minimum absolute atomic E-state index is 0.0549. The van der Waals surface area contributed by atoms with Crippen molar-refractivity contribution in [3.8, 4) is 11.5 Å². The van der Waals surface area contributed by atoms with E-state index in [1.165, 1.54) is 12.0 Å². The minimum Gasteiger partial charge on any atom is -0.493 e. The first kappa shape index (κ1) is 21.3. The first-order chi connectivity index (χ1) is 13.3. The van der Waals surface area contributed by atoms with Crippen molar-refractivity contribution in [2.24, 2.45) is 5.92 Å². The summed E-state index contributed by atoms with van der Waals surface area (Å²) in [7, 11) is 3.12. The van der Waals surface area contributed by atoms with E-state index in [1.807, 2.05) is 31.2 Å². The lowest BCUT2D eigenvalue weighted by Gasteiger charge is -2.18. The van der Waals surface area contributed by atoms with Gasteiger partial charge in [-0.15, -0.1) is 0 Å². The third-order valence-electron chi connectivity index (χ3n) is 4.05. The molecule has 2 aromatic carbocycles. The van der Waals surface area contributed by atoms with Crippen LogP contribution >= 0.6 is 0 Å². The van der Waals surface area contributed by atoms with Crippen LogP contribution in [0.2, 0.25) is 0 Å². The van der Waals surface area contributed by atoms with E-state index in [0.29, 0.717) is 35.3 Å². The van der Waals surface area contributed by atoms with Crippen LogP contribution in [-0.4, -0.2) is 44.0 Å². The van der Waals surface area contributed by atoms with Crippen LogP contribution in [0, 0.1) is 12.8 Å². The number of anilines is 1. The molecule has 0 spiro atoms. The highest BCUT2D eigenvalue weighted by molar-refractivity contribution is 5.99. The van der Waals surface area contributed by atoms with Gasteiger partial charge in [0.25, 0.3) is 5.91 Å². The van der Waals surface area contributed by atoms with Crippen LogP contribution in [0.4, 0.5) is 5.69 Å². The van der Waals surface area contributed by atoms with Gasteiger partial charge in [0.1, 0.15) is 0 Å². The molecule has 0 bridgehead atoms. The largest absolute Gasteiger partial charge is 0.493 e. The maximum atomic E-state index is 12.7. The number of benzene rings is 2. The van der Waals surface area contributed by atoms with E-state index in [9.17, 15) is 9.59 Å². The van der Waals surface area contributed by atoms with Gasteiger partial charge in [-0.3, -0.25) is 9.59 Å². The van der Waals surface area contributed by atoms with Crippen molar-refractivity contribution >= 4 is 17.5 Å². The average molecular weight is 384 g/mol. The summed E-state index contributed by atoms with van der Waals surface area (Å²) in [6.45, 7) is 6.59. The number of rotatable bonds is 8.